The summed E-state index contributed by atoms with van der Waals surface area (Å²) in [6.07, 6.45) is 0.860. The van der Waals surface area contributed by atoms with Crippen molar-refractivity contribution >= 4 is 18.3 Å². The fraction of sp³-hybridized carbons (Fsp3) is 0.800. The van der Waals surface area contributed by atoms with Gasteiger partial charge in [0.15, 0.2) is 0 Å². The van der Waals surface area contributed by atoms with E-state index in [0.29, 0.717) is 19.3 Å². The quantitative estimate of drug-likeness (QED) is 0.366. The molecule has 1 unspecified atom stereocenters. The Morgan fingerprint density at radius 1 is 1.30 bits per heavy atom. The van der Waals surface area contributed by atoms with Crippen LogP contribution in [0.4, 0.5) is 4.79 Å². The molecule has 0 aromatic heterocycles. The second-order valence-electron chi connectivity index (χ2n) is 5.99. The van der Waals surface area contributed by atoms with E-state index in [1.165, 1.54) is 7.05 Å². The van der Waals surface area contributed by atoms with Gasteiger partial charge in [-0.15, -0.1) is 0 Å². The number of nitrogens with zero attached hydrogens (tertiary/aromatic N) is 1. The Labute approximate surface area is 137 Å². The highest BCUT2D eigenvalue weighted by Crippen LogP contribution is 2.06. The fourth-order valence-corrected chi connectivity index (χ4v) is 1.44. The van der Waals surface area contributed by atoms with Gasteiger partial charge in [-0.1, -0.05) is 0 Å². The standard InChI is InChI=1S/C15H28N2O6/c1-12(21-11-8-15(2,3)16)7-10-22-14(20)23-17(4)13(19)6-5-9-18/h9,12H,5-8,10-11,16H2,1-4H3. The molecule has 1 amide bonds. The molecule has 23 heavy (non-hydrogen) atoms. The van der Waals surface area contributed by atoms with Gasteiger partial charge < -0.3 is 24.8 Å². The van der Waals surface area contributed by atoms with Crippen molar-refractivity contribution in [2.75, 3.05) is 20.3 Å². The lowest BCUT2D eigenvalue weighted by atomic mass is 10.0. The Morgan fingerprint density at radius 3 is 2.52 bits per heavy atom. The van der Waals surface area contributed by atoms with Gasteiger partial charge in [0.2, 0.25) is 0 Å². The largest absolute Gasteiger partial charge is 0.533 e. The lowest BCUT2D eigenvalue weighted by Gasteiger charge is -2.20. The van der Waals surface area contributed by atoms with E-state index < -0.39 is 12.1 Å². The summed E-state index contributed by atoms with van der Waals surface area (Å²) in [7, 11) is 1.29. The third-order valence-electron chi connectivity index (χ3n) is 2.93. The van der Waals surface area contributed by atoms with E-state index in [-0.39, 0.29) is 31.1 Å². The number of ether oxygens (including phenoxy) is 2. The Bertz CT molecular complexity index is 381. The first kappa shape index (κ1) is 21.3. The Balaban J connectivity index is 3.80. The molecule has 8 nitrogen and oxygen atoms in total. The number of nitrogens with two attached hydrogens (primary N) is 1. The van der Waals surface area contributed by atoms with Crippen LogP contribution in [-0.4, -0.2) is 55.3 Å². The maximum atomic E-state index is 11.4. The minimum atomic E-state index is -0.970. The monoisotopic (exact) mass is 332 g/mol. The molecular weight excluding hydrogens is 304 g/mol. The van der Waals surface area contributed by atoms with Gasteiger partial charge in [0.1, 0.15) is 6.29 Å². The van der Waals surface area contributed by atoms with Gasteiger partial charge in [-0.25, -0.2) is 4.79 Å². The van der Waals surface area contributed by atoms with E-state index >= 15 is 0 Å². The van der Waals surface area contributed by atoms with Crippen molar-refractivity contribution in [3.05, 3.63) is 0 Å². The molecule has 0 aromatic carbocycles. The molecule has 0 aliphatic rings. The third kappa shape index (κ3) is 12.5. The highest BCUT2D eigenvalue weighted by Gasteiger charge is 2.16. The van der Waals surface area contributed by atoms with E-state index in [2.05, 4.69) is 4.84 Å². The number of hydrogen-bond donors (Lipinski definition) is 1. The summed E-state index contributed by atoms with van der Waals surface area (Å²) in [5.74, 6) is -0.477. The molecule has 0 bridgehead atoms. The SMILES string of the molecule is CC(CCOC(=O)ON(C)C(=O)CCC=O)OCCC(C)(C)N. The lowest BCUT2D eigenvalue weighted by Crippen LogP contribution is -2.33. The zero-order valence-electron chi connectivity index (χ0n) is 14.4. The molecule has 8 heteroatoms. The number of hydroxylamine groups is 2. The number of aldehydes is 1. The van der Waals surface area contributed by atoms with Crippen LogP contribution in [0.5, 0.6) is 0 Å². The minimum absolute atomic E-state index is 0.0182. The molecule has 1 atom stereocenters. The van der Waals surface area contributed by atoms with Crippen molar-refractivity contribution in [3.63, 3.8) is 0 Å². The minimum Gasteiger partial charge on any atom is -0.433 e. The third-order valence-corrected chi connectivity index (χ3v) is 2.93. The van der Waals surface area contributed by atoms with Gasteiger partial charge >= 0.3 is 6.16 Å². The zero-order chi connectivity index (χ0) is 17.9. The summed E-state index contributed by atoms with van der Waals surface area (Å²) in [5, 5.41) is 0.759. The van der Waals surface area contributed by atoms with Crippen LogP contribution < -0.4 is 5.73 Å². The molecule has 0 spiro atoms. The van der Waals surface area contributed by atoms with Gasteiger partial charge in [0.05, 0.1) is 12.7 Å². The van der Waals surface area contributed by atoms with Crippen molar-refractivity contribution in [3.8, 4) is 0 Å². The maximum Gasteiger partial charge on any atom is 0.533 e. The summed E-state index contributed by atoms with van der Waals surface area (Å²) in [4.78, 5) is 37.6. The van der Waals surface area contributed by atoms with Crippen LogP contribution in [0.3, 0.4) is 0 Å². The first-order valence-corrected chi connectivity index (χ1v) is 7.61. The molecular formula is C15H28N2O6. The van der Waals surface area contributed by atoms with E-state index in [0.717, 1.165) is 11.5 Å². The van der Waals surface area contributed by atoms with Crippen LogP contribution in [0.25, 0.3) is 0 Å². The average molecular weight is 332 g/mol. The van der Waals surface area contributed by atoms with Gasteiger partial charge in [-0.2, -0.15) is 5.06 Å². The Hall–Kier alpha value is -1.67. The first-order valence-electron chi connectivity index (χ1n) is 7.61. The van der Waals surface area contributed by atoms with Crippen LogP contribution in [0, 0.1) is 0 Å². The second-order valence-corrected chi connectivity index (χ2v) is 5.99. The fourth-order valence-electron chi connectivity index (χ4n) is 1.44. The summed E-state index contributed by atoms with van der Waals surface area (Å²) in [5.41, 5.74) is 5.57. The van der Waals surface area contributed by atoms with Crippen LogP contribution in [-0.2, 0) is 23.9 Å². The number of carbonyl (C=O) groups is 3. The summed E-state index contributed by atoms with van der Waals surface area (Å²) >= 11 is 0. The number of rotatable bonds is 10. The molecule has 0 aliphatic heterocycles. The topological polar surface area (TPSA) is 108 Å². The van der Waals surface area contributed by atoms with Crippen LogP contribution >= 0.6 is 0 Å². The highest BCUT2D eigenvalue weighted by atomic mass is 16.8. The number of hydrogen-bond acceptors (Lipinski definition) is 7. The van der Waals surface area contributed by atoms with Gasteiger partial charge in [-0.3, -0.25) is 4.79 Å². The van der Waals surface area contributed by atoms with Crippen molar-refractivity contribution in [2.24, 2.45) is 5.73 Å². The number of amides is 1. The van der Waals surface area contributed by atoms with Crippen molar-refractivity contribution in [1.82, 2.24) is 5.06 Å². The molecule has 0 saturated heterocycles. The van der Waals surface area contributed by atoms with Gasteiger partial charge in [-0.05, 0) is 27.2 Å². The summed E-state index contributed by atoms with van der Waals surface area (Å²) in [6.45, 7) is 6.36. The molecule has 0 rings (SSSR count). The summed E-state index contributed by atoms with van der Waals surface area (Å²) < 4.78 is 10.4. The second kappa shape index (κ2) is 11.0. The molecule has 2 N–H and O–H groups in total. The van der Waals surface area contributed by atoms with E-state index in [1.54, 1.807) is 0 Å². The predicted octanol–water partition coefficient (Wildman–Crippen LogP) is 1.41. The normalized spacial score (nSPS) is 12.4. The molecule has 0 fully saturated rings. The van der Waals surface area contributed by atoms with Crippen LogP contribution in [0.15, 0.2) is 0 Å². The highest BCUT2D eigenvalue weighted by molar-refractivity contribution is 5.78. The Kier molecular flexibility index (Phi) is 10.2. The smallest absolute Gasteiger partial charge is 0.433 e. The van der Waals surface area contributed by atoms with Gasteiger partial charge in [0, 0.05) is 38.5 Å². The molecule has 0 aromatic rings. The maximum absolute atomic E-state index is 11.4. The zero-order valence-corrected chi connectivity index (χ0v) is 14.4. The lowest BCUT2D eigenvalue weighted by molar-refractivity contribution is -0.166. The van der Waals surface area contributed by atoms with E-state index in [4.69, 9.17) is 15.2 Å². The van der Waals surface area contributed by atoms with Crippen LogP contribution in [0.2, 0.25) is 0 Å². The summed E-state index contributed by atoms with van der Waals surface area (Å²) in [6, 6.07) is 0. The Morgan fingerprint density at radius 2 is 1.96 bits per heavy atom. The van der Waals surface area contributed by atoms with Crippen molar-refractivity contribution in [1.29, 1.82) is 0 Å². The van der Waals surface area contributed by atoms with E-state index in [9.17, 15) is 14.4 Å². The van der Waals surface area contributed by atoms with Crippen LogP contribution in [0.1, 0.15) is 46.5 Å². The molecule has 0 aliphatic carbocycles. The van der Waals surface area contributed by atoms with Crippen molar-refractivity contribution in [2.45, 2.75) is 58.1 Å². The number of carbonyl (C=O) groups excluding carboxylic acids is 3. The molecule has 0 saturated carbocycles. The average Bonchev–Trinajstić information content (AvgIpc) is 2.43. The van der Waals surface area contributed by atoms with E-state index in [1.807, 2.05) is 20.8 Å². The molecule has 0 heterocycles. The van der Waals surface area contributed by atoms with Crippen molar-refractivity contribution < 1.29 is 28.7 Å². The van der Waals surface area contributed by atoms with Gasteiger partial charge in [0.25, 0.3) is 5.91 Å². The first-order chi connectivity index (χ1) is 10.7. The molecule has 134 valence electrons. The predicted molar refractivity (Wildman–Crippen MR) is 83.4 cm³/mol. The molecule has 0 radical (unpaired) electrons.